The number of methoxy groups -OCH3 is 1. The molecule has 0 bridgehead atoms. The Morgan fingerprint density at radius 3 is 2.32 bits per heavy atom. The smallest absolute Gasteiger partial charge is 0.410 e. The molecule has 2 heterocycles. The summed E-state index contributed by atoms with van der Waals surface area (Å²) in [6, 6.07) is 21.4. The highest BCUT2D eigenvalue weighted by atomic mass is 32.2. The summed E-state index contributed by atoms with van der Waals surface area (Å²) in [4.78, 5) is 16.4. The van der Waals surface area contributed by atoms with Crippen LogP contribution in [-0.4, -0.2) is 61.9 Å². The Balaban J connectivity index is 1.39. The van der Waals surface area contributed by atoms with Crippen LogP contribution in [0.15, 0.2) is 77.7 Å². The van der Waals surface area contributed by atoms with E-state index in [1.807, 2.05) is 42.2 Å². The summed E-state index contributed by atoms with van der Waals surface area (Å²) in [5.74, 6) is 1.13. The third-order valence-electron chi connectivity index (χ3n) is 6.43. The van der Waals surface area contributed by atoms with Gasteiger partial charge < -0.3 is 19.3 Å². The van der Waals surface area contributed by atoms with Crippen LogP contribution in [0.2, 0.25) is 0 Å². The summed E-state index contributed by atoms with van der Waals surface area (Å²) in [5, 5.41) is 5.23. The third kappa shape index (κ3) is 4.97. The molecule has 9 nitrogen and oxygen atoms in total. The Hall–Kier alpha value is -4.05. The van der Waals surface area contributed by atoms with Crippen LogP contribution in [0.25, 0.3) is 10.9 Å². The summed E-state index contributed by atoms with van der Waals surface area (Å²) >= 11 is 0. The quantitative estimate of drug-likeness (QED) is 0.379. The highest BCUT2D eigenvalue weighted by Crippen LogP contribution is 2.32. The molecule has 0 unspecified atom stereocenters. The maximum absolute atomic E-state index is 13.5. The van der Waals surface area contributed by atoms with Crippen molar-refractivity contribution in [2.75, 3.05) is 38.2 Å². The van der Waals surface area contributed by atoms with Crippen molar-refractivity contribution in [1.29, 1.82) is 0 Å². The standard InChI is InChI=1S/C27H28N4O5S/c1-20-8-11-23(12-9-20)37(33,34)31-25-13-10-22(35-2)18-24(25)26(28-31)29-14-16-30(17-15-29)27(32)36-19-21-6-4-3-5-7-21/h3-13,18H,14-17,19H2,1-2H3. The molecule has 192 valence electrons. The van der Waals surface area contributed by atoms with Gasteiger partial charge in [0.25, 0.3) is 10.0 Å². The van der Waals surface area contributed by atoms with Crippen molar-refractivity contribution in [3.8, 4) is 5.75 Å². The normalized spacial score (nSPS) is 14.1. The van der Waals surface area contributed by atoms with Gasteiger partial charge in [-0.2, -0.15) is 12.5 Å². The Morgan fingerprint density at radius 2 is 1.65 bits per heavy atom. The molecule has 0 atom stereocenters. The minimum absolute atomic E-state index is 0.163. The van der Waals surface area contributed by atoms with E-state index < -0.39 is 10.0 Å². The molecule has 5 rings (SSSR count). The molecule has 0 saturated carbocycles. The Kier molecular flexibility index (Phi) is 6.75. The topological polar surface area (TPSA) is 94.0 Å². The molecule has 0 radical (unpaired) electrons. The first-order valence-electron chi connectivity index (χ1n) is 12.0. The SMILES string of the molecule is COc1ccc2c(c1)c(N1CCN(C(=O)OCc3ccccc3)CC1)nn2S(=O)(=O)c1ccc(C)cc1. The van der Waals surface area contributed by atoms with Crippen LogP contribution >= 0.6 is 0 Å². The van der Waals surface area contributed by atoms with Crippen molar-refractivity contribution in [2.24, 2.45) is 0 Å². The van der Waals surface area contributed by atoms with E-state index in [9.17, 15) is 13.2 Å². The molecule has 1 aliphatic rings. The van der Waals surface area contributed by atoms with Crippen molar-refractivity contribution in [3.63, 3.8) is 0 Å². The predicted molar refractivity (Wildman–Crippen MR) is 140 cm³/mol. The number of nitrogens with zero attached hydrogens (tertiary/aromatic N) is 4. The zero-order valence-electron chi connectivity index (χ0n) is 20.7. The molecule has 4 aromatic rings. The van der Waals surface area contributed by atoms with E-state index in [4.69, 9.17) is 9.47 Å². The molecule has 0 aliphatic carbocycles. The molecule has 10 heteroatoms. The van der Waals surface area contributed by atoms with Gasteiger partial charge in [0.1, 0.15) is 12.4 Å². The molecule has 1 saturated heterocycles. The highest BCUT2D eigenvalue weighted by molar-refractivity contribution is 7.90. The van der Waals surface area contributed by atoms with Crippen molar-refractivity contribution in [2.45, 2.75) is 18.4 Å². The second kappa shape index (κ2) is 10.1. The number of amides is 1. The zero-order chi connectivity index (χ0) is 26.0. The van der Waals surface area contributed by atoms with Gasteiger partial charge in [-0.15, -0.1) is 5.10 Å². The fourth-order valence-corrected chi connectivity index (χ4v) is 5.60. The second-order valence-electron chi connectivity index (χ2n) is 8.88. The minimum atomic E-state index is -3.92. The van der Waals surface area contributed by atoms with Gasteiger partial charge in [0, 0.05) is 31.6 Å². The van der Waals surface area contributed by atoms with E-state index in [2.05, 4.69) is 5.10 Å². The fraction of sp³-hybridized carbons (Fsp3) is 0.259. The number of fused-ring (bicyclic) bond motifs is 1. The molecule has 37 heavy (non-hydrogen) atoms. The maximum atomic E-state index is 13.5. The molecule has 0 N–H and O–H groups in total. The number of ether oxygens (including phenoxy) is 2. The van der Waals surface area contributed by atoms with Gasteiger partial charge >= 0.3 is 6.09 Å². The number of rotatable bonds is 6. The average Bonchev–Trinajstić information content (AvgIpc) is 3.32. The van der Waals surface area contributed by atoms with Crippen molar-refractivity contribution >= 4 is 32.8 Å². The van der Waals surface area contributed by atoms with Gasteiger partial charge in [-0.25, -0.2) is 4.79 Å². The van der Waals surface area contributed by atoms with Crippen LogP contribution in [-0.2, 0) is 21.4 Å². The van der Waals surface area contributed by atoms with Gasteiger partial charge in [-0.3, -0.25) is 0 Å². The van der Waals surface area contributed by atoms with Crippen molar-refractivity contribution in [1.82, 2.24) is 14.1 Å². The largest absolute Gasteiger partial charge is 0.497 e. The first-order chi connectivity index (χ1) is 17.9. The van der Waals surface area contributed by atoms with E-state index >= 15 is 0 Å². The molecule has 1 aromatic heterocycles. The molecular formula is C27H28N4O5S. The Bertz CT molecular complexity index is 1510. The Labute approximate surface area is 215 Å². The predicted octanol–water partition coefficient (Wildman–Crippen LogP) is 4.05. The average molecular weight is 521 g/mol. The van der Waals surface area contributed by atoms with E-state index in [1.54, 1.807) is 54.5 Å². The van der Waals surface area contributed by atoms with Crippen LogP contribution in [0, 0.1) is 6.92 Å². The van der Waals surface area contributed by atoms with E-state index in [0.717, 1.165) is 15.2 Å². The molecular weight excluding hydrogens is 492 g/mol. The highest BCUT2D eigenvalue weighted by Gasteiger charge is 2.29. The first-order valence-corrected chi connectivity index (χ1v) is 13.4. The molecule has 1 fully saturated rings. The van der Waals surface area contributed by atoms with Gasteiger partial charge in [0.15, 0.2) is 5.82 Å². The third-order valence-corrected chi connectivity index (χ3v) is 8.03. The summed E-state index contributed by atoms with van der Waals surface area (Å²) in [6.07, 6.45) is -0.373. The lowest BCUT2D eigenvalue weighted by molar-refractivity contribution is 0.0941. The van der Waals surface area contributed by atoms with Gasteiger partial charge in [-0.05, 0) is 42.8 Å². The lowest BCUT2D eigenvalue weighted by atomic mass is 10.2. The summed E-state index contributed by atoms with van der Waals surface area (Å²) in [7, 11) is -2.36. The van der Waals surface area contributed by atoms with Crippen LogP contribution in [0.3, 0.4) is 0 Å². The second-order valence-corrected chi connectivity index (χ2v) is 10.6. The monoisotopic (exact) mass is 520 g/mol. The lowest BCUT2D eigenvalue weighted by Crippen LogP contribution is -2.49. The number of aromatic nitrogens is 2. The number of benzene rings is 3. The fourth-order valence-electron chi connectivity index (χ4n) is 4.32. The number of carbonyl (C=O) groups is 1. The number of anilines is 1. The molecule has 1 aliphatic heterocycles. The van der Waals surface area contributed by atoms with Gasteiger partial charge in [0.2, 0.25) is 0 Å². The summed E-state index contributed by atoms with van der Waals surface area (Å²) < 4.78 is 39.0. The zero-order valence-corrected chi connectivity index (χ0v) is 21.5. The van der Waals surface area contributed by atoms with Crippen molar-refractivity contribution < 1.29 is 22.7 Å². The molecule has 1 amide bonds. The first kappa shape index (κ1) is 24.6. The molecule has 3 aromatic carbocycles. The Morgan fingerprint density at radius 1 is 0.946 bits per heavy atom. The molecule has 0 spiro atoms. The summed E-state index contributed by atoms with van der Waals surface area (Å²) in [6.45, 7) is 3.93. The number of aryl methyl sites for hydroxylation is 1. The number of piperazine rings is 1. The van der Waals surface area contributed by atoms with Crippen molar-refractivity contribution in [3.05, 3.63) is 83.9 Å². The minimum Gasteiger partial charge on any atom is -0.497 e. The van der Waals surface area contributed by atoms with E-state index in [-0.39, 0.29) is 17.6 Å². The van der Waals surface area contributed by atoms with E-state index in [0.29, 0.717) is 48.6 Å². The van der Waals surface area contributed by atoms with Crippen LogP contribution in [0.5, 0.6) is 5.75 Å². The van der Waals surface area contributed by atoms with Gasteiger partial charge in [-0.1, -0.05) is 48.0 Å². The lowest BCUT2D eigenvalue weighted by Gasteiger charge is -2.34. The van der Waals surface area contributed by atoms with E-state index in [1.165, 1.54) is 0 Å². The number of hydrogen-bond acceptors (Lipinski definition) is 7. The maximum Gasteiger partial charge on any atom is 0.410 e. The van der Waals surface area contributed by atoms with Gasteiger partial charge in [0.05, 0.1) is 17.5 Å². The number of hydrogen-bond donors (Lipinski definition) is 0. The number of carbonyl (C=O) groups excluding carboxylic acids is 1. The van der Waals surface area contributed by atoms with Crippen LogP contribution in [0.4, 0.5) is 10.6 Å². The summed E-state index contributed by atoms with van der Waals surface area (Å²) in [5.41, 5.74) is 2.35. The van der Waals surface area contributed by atoms with Crippen LogP contribution in [0.1, 0.15) is 11.1 Å². The van der Waals surface area contributed by atoms with Crippen LogP contribution < -0.4 is 9.64 Å².